The Kier molecular flexibility index (Phi) is 8.63. The quantitative estimate of drug-likeness (QED) is 0.504. The van der Waals surface area contributed by atoms with Gasteiger partial charge in [-0.1, -0.05) is 22.0 Å². The van der Waals surface area contributed by atoms with Crippen LogP contribution in [0.4, 0.5) is 0 Å². The summed E-state index contributed by atoms with van der Waals surface area (Å²) < 4.78 is 6.06. The molecule has 2 amide bonds. The van der Waals surface area contributed by atoms with Gasteiger partial charge in [0.1, 0.15) is 6.04 Å². The van der Waals surface area contributed by atoms with Crippen LogP contribution in [0.15, 0.2) is 33.6 Å². The molecule has 8 heteroatoms. The third-order valence-electron chi connectivity index (χ3n) is 4.24. The number of hydrogen-bond donors (Lipinski definition) is 1. The summed E-state index contributed by atoms with van der Waals surface area (Å²) in [5.41, 5.74) is 0. The Bertz CT molecular complexity index is 685. The summed E-state index contributed by atoms with van der Waals surface area (Å²) in [5.74, 6) is -0.521. The highest BCUT2D eigenvalue weighted by Crippen LogP contribution is 2.24. The fraction of sp³-hybridized carbons (Fsp3) is 0.526. The molecule has 1 heterocycles. The molecule has 0 aromatic heterocycles. The number of halogens is 1. The fourth-order valence-electron chi connectivity index (χ4n) is 3.01. The van der Waals surface area contributed by atoms with Gasteiger partial charge in [-0.2, -0.15) is 0 Å². The molecule has 27 heavy (non-hydrogen) atoms. The minimum absolute atomic E-state index is 0.151. The van der Waals surface area contributed by atoms with E-state index >= 15 is 0 Å². The van der Waals surface area contributed by atoms with Crippen molar-refractivity contribution in [2.45, 2.75) is 37.6 Å². The van der Waals surface area contributed by atoms with Crippen molar-refractivity contribution >= 4 is 45.5 Å². The Morgan fingerprint density at radius 2 is 2.19 bits per heavy atom. The van der Waals surface area contributed by atoms with E-state index in [1.54, 1.807) is 11.8 Å². The van der Waals surface area contributed by atoms with Gasteiger partial charge in [0, 0.05) is 35.1 Å². The molecule has 1 saturated heterocycles. The van der Waals surface area contributed by atoms with Crippen LogP contribution in [0.1, 0.15) is 26.7 Å². The smallest absolute Gasteiger partial charge is 0.310 e. The van der Waals surface area contributed by atoms with Gasteiger partial charge in [0.15, 0.2) is 0 Å². The van der Waals surface area contributed by atoms with E-state index < -0.39 is 6.04 Å². The van der Waals surface area contributed by atoms with Gasteiger partial charge >= 0.3 is 5.97 Å². The van der Waals surface area contributed by atoms with Gasteiger partial charge in [-0.05, 0) is 38.0 Å². The number of nitrogens with one attached hydrogen (secondary N) is 1. The van der Waals surface area contributed by atoms with Crippen LogP contribution in [0, 0.1) is 5.92 Å². The number of rotatable bonds is 7. The van der Waals surface area contributed by atoms with Crippen LogP contribution in [0.5, 0.6) is 0 Å². The summed E-state index contributed by atoms with van der Waals surface area (Å²) in [4.78, 5) is 39.3. The third kappa shape index (κ3) is 6.84. The van der Waals surface area contributed by atoms with Gasteiger partial charge in [-0.25, -0.2) is 0 Å². The summed E-state index contributed by atoms with van der Waals surface area (Å²) in [6, 6.07) is 7.16. The predicted molar refractivity (Wildman–Crippen MR) is 108 cm³/mol. The number of esters is 1. The fourth-order valence-corrected chi connectivity index (χ4v) is 4.53. The number of carbonyl (C=O) groups is 3. The molecule has 1 aliphatic rings. The van der Waals surface area contributed by atoms with Crippen molar-refractivity contribution in [3.63, 3.8) is 0 Å². The Labute approximate surface area is 172 Å². The van der Waals surface area contributed by atoms with Crippen LogP contribution in [-0.2, 0) is 19.1 Å². The molecular formula is C19H25BrN2O4S. The highest BCUT2D eigenvalue weighted by Gasteiger charge is 2.32. The summed E-state index contributed by atoms with van der Waals surface area (Å²) in [6.45, 7) is 4.44. The summed E-state index contributed by atoms with van der Waals surface area (Å²) >= 11 is 4.94. The Morgan fingerprint density at radius 1 is 1.41 bits per heavy atom. The Morgan fingerprint density at radius 3 is 2.85 bits per heavy atom. The lowest BCUT2D eigenvalue weighted by Gasteiger charge is -2.34. The highest BCUT2D eigenvalue weighted by molar-refractivity contribution is 9.10. The minimum atomic E-state index is -0.632. The van der Waals surface area contributed by atoms with E-state index in [1.807, 2.05) is 24.3 Å². The Balaban J connectivity index is 2.02. The molecule has 1 aromatic rings. The molecule has 6 nitrogen and oxygen atoms in total. The number of thioether (sulfide) groups is 1. The molecule has 1 N–H and O–H groups in total. The Hall–Kier alpha value is -1.54. The van der Waals surface area contributed by atoms with Crippen molar-refractivity contribution in [3.05, 3.63) is 28.7 Å². The van der Waals surface area contributed by atoms with Crippen LogP contribution in [0.3, 0.4) is 0 Å². The maximum atomic E-state index is 13.0. The number of amides is 2. The van der Waals surface area contributed by atoms with E-state index in [-0.39, 0.29) is 23.7 Å². The first-order chi connectivity index (χ1) is 12.9. The van der Waals surface area contributed by atoms with Crippen molar-refractivity contribution in [3.8, 4) is 0 Å². The van der Waals surface area contributed by atoms with E-state index in [9.17, 15) is 14.4 Å². The molecule has 0 saturated carbocycles. The van der Waals surface area contributed by atoms with Crippen LogP contribution in [0.2, 0.25) is 0 Å². The van der Waals surface area contributed by atoms with E-state index in [2.05, 4.69) is 21.2 Å². The molecule has 2 unspecified atom stereocenters. The number of carbonyl (C=O) groups excluding carboxylic acids is 3. The molecule has 1 fully saturated rings. The first-order valence-electron chi connectivity index (χ1n) is 9.01. The van der Waals surface area contributed by atoms with Gasteiger partial charge in [-0.15, -0.1) is 11.8 Å². The predicted octanol–water partition coefficient (Wildman–Crippen LogP) is 2.85. The second kappa shape index (κ2) is 10.7. The molecule has 2 rings (SSSR count). The lowest BCUT2D eigenvalue weighted by molar-refractivity contribution is -0.151. The molecule has 2 atom stereocenters. The van der Waals surface area contributed by atoms with Gasteiger partial charge in [-0.3, -0.25) is 14.4 Å². The van der Waals surface area contributed by atoms with Crippen LogP contribution >= 0.6 is 27.7 Å². The summed E-state index contributed by atoms with van der Waals surface area (Å²) in [5, 5.41) is 2.75. The van der Waals surface area contributed by atoms with Crippen molar-refractivity contribution in [1.82, 2.24) is 10.2 Å². The average molecular weight is 457 g/mol. The zero-order valence-electron chi connectivity index (χ0n) is 15.6. The van der Waals surface area contributed by atoms with E-state index in [1.165, 1.54) is 18.7 Å². The first kappa shape index (κ1) is 21.8. The molecular weight excluding hydrogens is 432 g/mol. The molecule has 148 valence electrons. The van der Waals surface area contributed by atoms with E-state index in [0.29, 0.717) is 25.4 Å². The standard InChI is InChI=1S/C19H25BrN2O4S/c1-3-26-19(25)14-6-5-9-22(11-14)18(24)17(21-13(2)23)12-27-16-8-4-7-15(20)10-16/h4,7-8,10,14,17H,3,5-6,9,11-12H2,1-2H3,(H,21,23). The number of hydrogen-bond acceptors (Lipinski definition) is 5. The molecule has 0 radical (unpaired) electrons. The molecule has 0 aliphatic carbocycles. The second-order valence-electron chi connectivity index (χ2n) is 6.40. The van der Waals surface area contributed by atoms with Gasteiger partial charge < -0.3 is 15.0 Å². The lowest BCUT2D eigenvalue weighted by Crippen LogP contribution is -2.52. The minimum Gasteiger partial charge on any atom is -0.466 e. The molecule has 1 aromatic carbocycles. The zero-order valence-corrected chi connectivity index (χ0v) is 18.0. The zero-order chi connectivity index (χ0) is 19.8. The summed E-state index contributed by atoms with van der Waals surface area (Å²) in [6.07, 6.45) is 1.47. The average Bonchev–Trinajstić information content (AvgIpc) is 2.64. The van der Waals surface area contributed by atoms with Crippen molar-refractivity contribution in [2.75, 3.05) is 25.4 Å². The molecule has 0 bridgehead atoms. The monoisotopic (exact) mass is 456 g/mol. The van der Waals surface area contributed by atoms with Crippen molar-refractivity contribution < 1.29 is 19.1 Å². The summed E-state index contributed by atoms with van der Waals surface area (Å²) in [7, 11) is 0. The number of nitrogens with zero attached hydrogens (tertiary/aromatic N) is 1. The number of benzene rings is 1. The number of piperidine rings is 1. The maximum absolute atomic E-state index is 13.0. The van der Waals surface area contributed by atoms with Crippen molar-refractivity contribution in [2.24, 2.45) is 5.92 Å². The van der Waals surface area contributed by atoms with Crippen LogP contribution in [-0.4, -0.2) is 54.2 Å². The first-order valence-corrected chi connectivity index (χ1v) is 10.8. The van der Waals surface area contributed by atoms with Gasteiger partial charge in [0.05, 0.1) is 12.5 Å². The second-order valence-corrected chi connectivity index (χ2v) is 8.41. The normalized spacial score (nSPS) is 17.9. The van der Waals surface area contributed by atoms with E-state index in [0.717, 1.165) is 22.2 Å². The largest absolute Gasteiger partial charge is 0.466 e. The molecule has 1 aliphatic heterocycles. The maximum Gasteiger partial charge on any atom is 0.310 e. The van der Waals surface area contributed by atoms with Crippen LogP contribution < -0.4 is 5.32 Å². The number of likely N-dealkylation sites (tertiary alicyclic amines) is 1. The lowest BCUT2D eigenvalue weighted by atomic mass is 9.97. The molecule has 0 spiro atoms. The van der Waals surface area contributed by atoms with Crippen molar-refractivity contribution in [1.29, 1.82) is 0 Å². The highest BCUT2D eigenvalue weighted by atomic mass is 79.9. The number of ether oxygens (including phenoxy) is 1. The van der Waals surface area contributed by atoms with Gasteiger partial charge in [0.2, 0.25) is 11.8 Å². The SMILES string of the molecule is CCOC(=O)C1CCCN(C(=O)C(CSc2cccc(Br)c2)NC(C)=O)C1. The topological polar surface area (TPSA) is 75.7 Å². The van der Waals surface area contributed by atoms with Crippen LogP contribution in [0.25, 0.3) is 0 Å². The van der Waals surface area contributed by atoms with E-state index in [4.69, 9.17) is 4.74 Å². The third-order valence-corrected chi connectivity index (χ3v) is 5.82. The van der Waals surface area contributed by atoms with Gasteiger partial charge in [0.25, 0.3) is 0 Å².